The molecule has 144 valence electrons. The Bertz CT molecular complexity index is 739. The number of benzene rings is 2. The zero-order chi connectivity index (χ0) is 19.9. The van der Waals surface area contributed by atoms with E-state index in [4.69, 9.17) is 4.74 Å². The number of nitrogens with zero attached hydrogens (tertiary/aromatic N) is 1. The highest BCUT2D eigenvalue weighted by atomic mass is 16.5. The van der Waals surface area contributed by atoms with Crippen LogP contribution in [0.2, 0.25) is 0 Å². The number of hydrogen-bond acceptors (Lipinski definition) is 4. The van der Waals surface area contributed by atoms with Crippen LogP contribution in [-0.4, -0.2) is 41.9 Å². The Kier molecular flexibility index (Phi) is 7.13. The topological polar surface area (TPSA) is 66.8 Å². The maximum absolute atomic E-state index is 12.7. The van der Waals surface area contributed by atoms with Gasteiger partial charge in [-0.3, -0.25) is 4.79 Å². The van der Waals surface area contributed by atoms with Crippen molar-refractivity contribution in [3.8, 4) is 5.75 Å². The predicted molar refractivity (Wildman–Crippen MR) is 105 cm³/mol. The lowest BCUT2D eigenvalue weighted by Gasteiger charge is -2.33. The molecule has 0 aromatic heterocycles. The molecule has 0 aliphatic heterocycles. The number of rotatable bonds is 9. The van der Waals surface area contributed by atoms with Crippen molar-refractivity contribution in [2.75, 3.05) is 14.1 Å². The number of aliphatic hydroxyl groups is 1. The van der Waals surface area contributed by atoms with E-state index in [1.165, 1.54) is 4.90 Å². The lowest BCUT2D eigenvalue weighted by atomic mass is 9.79. The SMILES string of the molecule is CN(C)C(=O)C(c1ccc(OCc2ccccc2)cc1)C(C)(O)CCC=O. The van der Waals surface area contributed by atoms with Gasteiger partial charge in [-0.2, -0.15) is 0 Å². The van der Waals surface area contributed by atoms with Gasteiger partial charge in [0, 0.05) is 20.5 Å². The quantitative estimate of drug-likeness (QED) is 0.690. The van der Waals surface area contributed by atoms with Crippen LogP contribution in [0.5, 0.6) is 5.75 Å². The summed E-state index contributed by atoms with van der Waals surface area (Å²) in [7, 11) is 3.31. The summed E-state index contributed by atoms with van der Waals surface area (Å²) in [4.78, 5) is 24.9. The Labute approximate surface area is 160 Å². The summed E-state index contributed by atoms with van der Waals surface area (Å²) in [6, 6.07) is 17.0. The maximum atomic E-state index is 12.7. The van der Waals surface area contributed by atoms with Crippen molar-refractivity contribution in [3.63, 3.8) is 0 Å². The second-order valence-electron chi connectivity index (χ2n) is 7.07. The molecule has 2 aromatic rings. The first-order valence-corrected chi connectivity index (χ1v) is 8.99. The molecule has 0 spiro atoms. The number of ether oxygens (including phenoxy) is 1. The molecule has 0 aliphatic carbocycles. The van der Waals surface area contributed by atoms with Crippen molar-refractivity contribution in [1.82, 2.24) is 4.90 Å². The molecular formula is C22H27NO4. The van der Waals surface area contributed by atoms with Crippen LogP contribution in [0.4, 0.5) is 0 Å². The first-order valence-electron chi connectivity index (χ1n) is 8.99. The van der Waals surface area contributed by atoms with E-state index in [0.717, 1.165) is 11.8 Å². The fourth-order valence-corrected chi connectivity index (χ4v) is 3.02. The van der Waals surface area contributed by atoms with Gasteiger partial charge in [-0.05, 0) is 36.6 Å². The van der Waals surface area contributed by atoms with E-state index in [9.17, 15) is 14.7 Å². The van der Waals surface area contributed by atoms with Gasteiger partial charge in [-0.25, -0.2) is 0 Å². The van der Waals surface area contributed by atoms with E-state index < -0.39 is 11.5 Å². The number of hydrogen-bond donors (Lipinski definition) is 1. The van der Waals surface area contributed by atoms with Gasteiger partial charge in [0.05, 0.1) is 11.5 Å². The molecule has 0 saturated heterocycles. The summed E-state index contributed by atoms with van der Waals surface area (Å²) in [6.07, 6.45) is 1.17. The highest BCUT2D eigenvalue weighted by molar-refractivity contribution is 5.84. The summed E-state index contributed by atoms with van der Waals surface area (Å²) in [6.45, 7) is 2.06. The second kappa shape index (κ2) is 9.33. The average molecular weight is 369 g/mol. The molecule has 0 bridgehead atoms. The van der Waals surface area contributed by atoms with Gasteiger partial charge in [-0.15, -0.1) is 0 Å². The second-order valence-corrected chi connectivity index (χ2v) is 7.07. The van der Waals surface area contributed by atoms with Crippen LogP contribution in [0.25, 0.3) is 0 Å². The summed E-state index contributed by atoms with van der Waals surface area (Å²) < 4.78 is 5.78. The fourth-order valence-electron chi connectivity index (χ4n) is 3.02. The van der Waals surface area contributed by atoms with Crippen LogP contribution in [0.15, 0.2) is 54.6 Å². The fraction of sp³-hybridized carbons (Fsp3) is 0.364. The smallest absolute Gasteiger partial charge is 0.232 e. The minimum atomic E-state index is -1.32. The standard InChI is InChI=1S/C22H27NO4/c1-22(26,14-7-15-24)20(21(25)23(2)3)18-10-12-19(13-11-18)27-16-17-8-5-4-6-9-17/h4-6,8-13,15,20,26H,7,14,16H2,1-3H3. The Morgan fingerprint density at radius 3 is 2.33 bits per heavy atom. The summed E-state index contributed by atoms with van der Waals surface area (Å²) in [5.41, 5.74) is 0.435. The number of carbonyl (C=O) groups is 2. The summed E-state index contributed by atoms with van der Waals surface area (Å²) in [5, 5.41) is 10.9. The average Bonchev–Trinajstić information content (AvgIpc) is 2.66. The van der Waals surface area contributed by atoms with E-state index in [2.05, 4.69) is 0 Å². The van der Waals surface area contributed by atoms with E-state index in [1.54, 1.807) is 45.3 Å². The lowest BCUT2D eigenvalue weighted by molar-refractivity contribution is -0.137. The molecule has 27 heavy (non-hydrogen) atoms. The number of amides is 1. The van der Waals surface area contributed by atoms with Crippen LogP contribution >= 0.6 is 0 Å². The zero-order valence-corrected chi connectivity index (χ0v) is 16.1. The van der Waals surface area contributed by atoms with Crippen LogP contribution in [0.1, 0.15) is 36.8 Å². The first-order chi connectivity index (χ1) is 12.8. The third-order valence-electron chi connectivity index (χ3n) is 4.54. The van der Waals surface area contributed by atoms with Crippen LogP contribution < -0.4 is 4.74 Å². The maximum Gasteiger partial charge on any atom is 0.232 e. The highest BCUT2D eigenvalue weighted by Gasteiger charge is 2.39. The molecule has 0 fully saturated rings. The molecule has 0 heterocycles. The van der Waals surface area contributed by atoms with Crippen molar-refractivity contribution in [2.45, 2.75) is 37.9 Å². The Hall–Kier alpha value is -2.66. The van der Waals surface area contributed by atoms with Gasteiger partial charge in [0.2, 0.25) is 5.91 Å². The first kappa shape index (κ1) is 20.6. The van der Waals surface area contributed by atoms with E-state index in [1.807, 2.05) is 30.3 Å². The summed E-state index contributed by atoms with van der Waals surface area (Å²) in [5.74, 6) is -0.273. The molecule has 1 N–H and O–H groups in total. The molecule has 0 saturated carbocycles. The Balaban J connectivity index is 2.18. The van der Waals surface area contributed by atoms with Crippen LogP contribution in [0.3, 0.4) is 0 Å². The largest absolute Gasteiger partial charge is 0.489 e. The number of likely N-dealkylation sites (N-methyl/N-ethyl adjacent to an activating group) is 1. The van der Waals surface area contributed by atoms with Crippen molar-refractivity contribution in [1.29, 1.82) is 0 Å². The number of aldehydes is 1. The predicted octanol–water partition coefficient (Wildman–Crippen LogP) is 3.17. The van der Waals surface area contributed by atoms with Crippen molar-refractivity contribution < 1.29 is 19.4 Å². The molecule has 5 nitrogen and oxygen atoms in total. The normalized spacial score (nSPS) is 14.1. The van der Waals surface area contributed by atoms with Crippen LogP contribution in [-0.2, 0) is 16.2 Å². The minimum absolute atomic E-state index is 0.197. The molecule has 1 amide bonds. The highest BCUT2D eigenvalue weighted by Crippen LogP contribution is 2.34. The van der Waals surface area contributed by atoms with Crippen LogP contribution in [0, 0.1) is 0 Å². The van der Waals surface area contributed by atoms with Crippen molar-refractivity contribution >= 4 is 12.2 Å². The molecule has 2 unspecified atom stereocenters. The van der Waals surface area contributed by atoms with E-state index >= 15 is 0 Å². The van der Waals surface area contributed by atoms with Gasteiger partial charge in [0.25, 0.3) is 0 Å². The lowest BCUT2D eigenvalue weighted by Crippen LogP contribution is -2.43. The molecule has 0 aliphatic rings. The van der Waals surface area contributed by atoms with Gasteiger partial charge in [-0.1, -0.05) is 42.5 Å². The minimum Gasteiger partial charge on any atom is -0.489 e. The molecule has 5 heteroatoms. The number of carbonyl (C=O) groups excluding carboxylic acids is 2. The van der Waals surface area contributed by atoms with Gasteiger partial charge in [0.15, 0.2) is 0 Å². The van der Waals surface area contributed by atoms with Crippen molar-refractivity contribution in [3.05, 3.63) is 65.7 Å². The van der Waals surface area contributed by atoms with Gasteiger partial charge >= 0.3 is 0 Å². The Morgan fingerprint density at radius 1 is 1.15 bits per heavy atom. The van der Waals surface area contributed by atoms with Gasteiger partial charge in [0.1, 0.15) is 18.6 Å². The molecular weight excluding hydrogens is 342 g/mol. The monoisotopic (exact) mass is 369 g/mol. The third kappa shape index (κ3) is 5.66. The van der Waals surface area contributed by atoms with E-state index in [0.29, 0.717) is 17.9 Å². The van der Waals surface area contributed by atoms with E-state index in [-0.39, 0.29) is 18.7 Å². The molecule has 2 rings (SSSR count). The molecule has 2 aromatic carbocycles. The molecule has 0 radical (unpaired) electrons. The van der Waals surface area contributed by atoms with Gasteiger partial charge < -0.3 is 19.5 Å². The summed E-state index contributed by atoms with van der Waals surface area (Å²) >= 11 is 0. The zero-order valence-electron chi connectivity index (χ0n) is 16.1. The Morgan fingerprint density at radius 2 is 1.78 bits per heavy atom. The molecule has 2 atom stereocenters. The van der Waals surface area contributed by atoms with Crippen molar-refractivity contribution in [2.24, 2.45) is 0 Å². The third-order valence-corrected chi connectivity index (χ3v) is 4.54.